The highest BCUT2D eigenvalue weighted by Crippen LogP contribution is 2.25. The van der Waals surface area contributed by atoms with E-state index in [4.69, 9.17) is 0 Å². The Morgan fingerprint density at radius 2 is 1.74 bits per heavy atom. The van der Waals surface area contributed by atoms with Gasteiger partial charge in [-0.25, -0.2) is 0 Å². The molecule has 2 nitrogen and oxygen atoms in total. The van der Waals surface area contributed by atoms with E-state index in [9.17, 15) is 0 Å². The molecule has 0 radical (unpaired) electrons. The molecule has 0 aliphatic heterocycles. The summed E-state index contributed by atoms with van der Waals surface area (Å²) in [6, 6.07) is 16.6. The lowest BCUT2D eigenvalue weighted by Gasteiger charge is -2.10. The number of fused-ring (bicyclic) bond motifs is 1. The van der Waals surface area contributed by atoms with Crippen LogP contribution in [0.15, 0.2) is 54.7 Å². The number of nitrogens with one attached hydrogen (secondary N) is 1. The first-order valence-corrected chi connectivity index (χ1v) is 6.42. The molecule has 0 atom stereocenters. The van der Waals surface area contributed by atoms with E-state index in [2.05, 4.69) is 60.5 Å². The van der Waals surface area contributed by atoms with Crippen LogP contribution in [0.3, 0.4) is 0 Å². The standard InChI is InChI=1S/C17H16N2/c1-12-8-9-15(11-13(12)2)19-16-7-3-5-14-6-4-10-18-17(14)16/h3-11,19H,1-2H3. The molecule has 0 unspecified atom stereocenters. The van der Waals surface area contributed by atoms with Gasteiger partial charge in [-0.05, 0) is 49.2 Å². The van der Waals surface area contributed by atoms with Gasteiger partial charge in [0.1, 0.15) is 0 Å². The molecule has 3 rings (SSSR count). The SMILES string of the molecule is Cc1ccc(Nc2cccc3cccnc23)cc1C. The Kier molecular flexibility index (Phi) is 2.92. The topological polar surface area (TPSA) is 24.9 Å². The van der Waals surface area contributed by atoms with Gasteiger partial charge in [-0.2, -0.15) is 0 Å². The number of benzene rings is 2. The van der Waals surface area contributed by atoms with Crippen LogP contribution >= 0.6 is 0 Å². The fraction of sp³-hybridized carbons (Fsp3) is 0.118. The molecule has 2 heteroatoms. The first-order chi connectivity index (χ1) is 9.24. The molecule has 94 valence electrons. The third-order valence-electron chi connectivity index (χ3n) is 3.42. The van der Waals surface area contributed by atoms with Crippen molar-refractivity contribution in [1.29, 1.82) is 0 Å². The molecule has 1 aromatic heterocycles. The van der Waals surface area contributed by atoms with E-state index < -0.39 is 0 Å². The van der Waals surface area contributed by atoms with Crippen LogP contribution in [0.25, 0.3) is 10.9 Å². The molecule has 0 aliphatic carbocycles. The molecular formula is C17H16N2. The predicted octanol–water partition coefficient (Wildman–Crippen LogP) is 4.60. The molecule has 0 saturated carbocycles. The van der Waals surface area contributed by atoms with Gasteiger partial charge in [0.05, 0.1) is 11.2 Å². The summed E-state index contributed by atoms with van der Waals surface area (Å²) in [5.74, 6) is 0. The predicted molar refractivity (Wildman–Crippen MR) is 80.9 cm³/mol. The Hall–Kier alpha value is -2.35. The van der Waals surface area contributed by atoms with E-state index in [1.54, 1.807) is 0 Å². The second-order valence-corrected chi connectivity index (χ2v) is 4.80. The third-order valence-corrected chi connectivity index (χ3v) is 3.42. The lowest BCUT2D eigenvalue weighted by atomic mass is 10.1. The van der Waals surface area contributed by atoms with E-state index >= 15 is 0 Å². The molecule has 3 aromatic rings. The molecule has 19 heavy (non-hydrogen) atoms. The zero-order chi connectivity index (χ0) is 13.2. The third kappa shape index (κ3) is 2.29. The Morgan fingerprint density at radius 3 is 2.58 bits per heavy atom. The van der Waals surface area contributed by atoms with E-state index in [0.717, 1.165) is 22.3 Å². The van der Waals surface area contributed by atoms with Crippen molar-refractivity contribution in [2.75, 3.05) is 5.32 Å². The summed E-state index contributed by atoms with van der Waals surface area (Å²) in [6.07, 6.45) is 1.83. The number of para-hydroxylation sites is 1. The zero-order valence-corrected chi connectivity index (χ0v) is 11.1. The van der Waals surface area contributed by atoms with Crippen molar-refractivity contribution in [3.05, 3.63) is 65.9 Å². The van der Waals surface area contributed by atoms with Crippen molar-refractivity contribution < 1.29 is 0 Å². The van der Waals surface area contributed by atoms with Gasteiger partial charge in [0.15, 0.2) is 0 Å². The van der Waals surface area contributed by atoms with Gasteiger partial charge in [-0.3, -0.25) is 4.98 Å². The monoisotopic (exact) mass is 248 g/mol. The van der Waals surface area contributed by atoms with Crippen molar-refractivity contribution in [1.82, 2.24) is 4.98 Å². The summed E-state index contributed by atoms with van der Waals surface area (Å²) in [5, 5.41) is 4.60. The van der Waals surface area contributed by atoms with Crippen molar-refractivity contribution in [2.24, 2.45) is 0 Å². The van der Waals surface area contributed by atoms with E-state index in [-0.39, 0.29) is 0 Å². The van der Waals surface area contributed by atoms with Crippen LogP contribution in [0.1, 0.15) is 11.1 Å². The van der Waals surface area contributed by atoms with Gasteiger partial charge in [-0.1, -0.05) is 24.3 Å². The molecule has 0 bridgehead atoms. The Balaban J connectivity index is 2.03. The summed E-state index contributed by atoms with van der Waals surface area (Å²) in [7, 11) is 0. The van der Waals surface area contributed by atoms with Gasteiger partial charge in [0.2, 0.25) is 0 Å². The summed E-state index contributed by atoms with van der Waals surface area (Å²) in [5.41, 5.74) is 5.74. The van der Waals surface area contributed by atoms with Crippen LogP contribution in [0.4, 0.5) is 11.4 Å². The van der Waals surface area contributed by atoms with Gasteiger partial charge >= 0.3 is 0 Å². The smallest absolute Gasteiger partial charge is 0.0936 e. The minimum absolute atomic E-state index is 1.00. The lowest BCUT2D eigenvalue weighted by Crippen LogP contribution is -1.94. The summed E-state index contributed by atoms with van der Waals surface area (Å²) < 4.78 is 0. The molecule has 1 heterocycles. The first kappa shape index (κ1) is 11.7. The minimum Gasteiger partial charge on any atom is -0.354 e. The van der Waals surface area contributed by atoms with Crippen LogP contribution < -0.4 is 5.32 Å². The number of aromatic nitrogens is 1. The number of nitrogens with zero attached hydrogens (tertiary/aromatic N) is 1. The van der Waals surface area contributed by atoms with Crippen molar-refractivity contribution in [3.8, 4) is 0 Å². The minimum atomic E-state index is 1.00. The molecule has 0 aliphatic rings. The van der Waals surface area contributed by atoms with Crippen molar-refractivity contribution >= 4 is 22.3 Å². The highest BCUT2D eigenvalue weighted by atomic mass is 14.9. The van der Waals surface area contributed by atoms with E-state index in [1.165, 1.54) is 11.1 Å². The van der Waals surface area contributed by atoms with Crippen molar-refractivity contribution in [2.45, 2.75) is 13.8 Å². The average molecular weight is 248 g/mol. The first-order valence-electron chi connectivity index (χ1n) is 6.42. The molecule has 0 spiro atoms. The number of rotatable bonds is 2. The largest absolute Gasteiger partial charge is 0.354 e. The molecule has 2 aromatic carbocycles. The molecule has 0 fully saturated rings. The average Bonchev–Trinajstić information content (AvgIpc) is 2.43. The van der Waals surface area contributed by atoms with Crippen LogP contribution in [0, 0.1) is 13.8 Å². The summed E-state index contributed by atoms with van der Waals surface area (Å²) >= 11 is 0. The number of anilines is 2. The number of hydrogen-bond donors (Lipinski definition) is 1. The Labute approximate surface area is 113 Å². The molecule has 0 saturated heterocycles. The van der Waals surface area contributed by atoms with Crippen LogP contribution in [0.2, 0.25) is 0 Å². The molecular weight excluding hydrogens is 232 g/mol. The van der Waals surface area contributed by atoms with Crippen LogP contribution in [-0.4, -0.2) is 4.98 Å². The second kappa shape index (κ2) is 4.73. The van der Waals surface area contributed by atoms with E-state index in [0.29, 0.717) is 0 Å². The maximum atomic E-state index is 4.45. The van der Waals surface area contributed by atoms with Crippen LogP contribution in [-0.2, 0) is 0 Å². The lowest BCUT2D eigenvalue weighted by molar-refractivity contribution is 1.33. The fourth-order valence-electron chi connectivity index (χ4n) is 2.18. The maximum Gasteiger partial charge on any atom is 0.0936 e. The fourth-order valence-corrected chi connectivity index (χ4v) is 2.18. The normalized spacial score (nSPS) is 10.6. The van der Waals surface area contributed by atoms with Crippen LogP contribution in [0.5, 0.6) is 0 Å². The summed E-state index contributed by atoms with van der Waals surface area (Å²) in [4.78, 5) is 4.45. The Bertz CT molecular complexity index is 727. The van der Waals surface area contributed by atoms with Gasteiger partial charge in [-0.15, -0.1) is 0 Å². The maximum absolute atomic E-state index is 4.45. The quantitative estimate of drug-likeness (QED) is 0.717. The zero-order valence-electron chi connectivity index (χ0n) is 11.1. The van der Waals surface area contributed by atoms with Gasteiger partial charge in [0.25, 0.3) is 0 Å². The number of pyridine rings is 1. The number of aryl methyl sites for hydroxylation is 2. The molecule has 0 amide bonds. The molecule has 1 N–H and O–H groups in total. The van der Waals surface area contributed by atoms with Crippen molar-refractivity contribution in [3.63, 3.8) is 0 Å². The van der Waals surface area contributed by atoms with E-state index in [1.807, 2.05) is 18.3 Å². The highest BCUT2D eigenvalue weighted by Gasteiger charge is 2.02. The summed E-state index contributed by atoms with van der Waals surface area (Å²) in [6.45, 7) is 4.25. The number of hydrogen-bond acceptors (Lipinski definition) is 2. The van der Waals surface area contributed by atoms with Gasteiger partial charge < -0.3 is 5.32 Å². The Morgan fingerprint density at radius 1 is 0.895 bits per heavy atom. The highest BCUT2D eigenvalue weighted by molar-refractivity contribution is 5.91. The second-order valence-electron chi connectivity index (χ2n) is 4.80. The van der Waals surface area contributed by atoms with Gasteiger partial charge in [0, 0.05) is 17.3 Å².